The molecule has 2 rings (SSSR count). The number of rotatable bonds is 7. The lowest BCUT2D eigenvalue weighted by Gasteiger charge is -2.41. The SMILES string of the molecule is CCCNc1cc(NCC2(CC)CCC2)ncn1. The second kappa shape index (κ2) is 6.03. The molecule has 1 aliphatic carbocycles. The maximum absolute atomic E-state index is 4.28. The van der Waals surface area contributed by atoms with Gasteiger partial charge in [-0.15, -0.1) is 0 Å². The van der Waals surface area contributed by atoms with Crippen LogP contribution in [0.1, 0.15) is 46.0 Å². The van der Waals surface area contributed by atoms with Crippen LogP contribution in [0, 0.1) is 5.41 Å². The van der Waals surface area contributed by atoms with E-state index in [1.165, 1.54) is 25.7 Å². The number of hydrogen-bond donors (Lipinski definition) is 2. The van der Waals surface area contributed by atoms with Gasteiger partial charge in [-0.25, -0.2) is 9.97 Å². The average Bonchev–Trinajstić information content (AvgIpc) is 2.36. The Kier molecular flexibility index (Phi) is 4.39. The summed E-state index contributed by atoms with van der Waals surface area (Å²) in [6, 6.07) is 2.00. The maximum atomic E-state index is 4.28. The van der Waals surface area contributed by atoms with E-state index in [9.17, 15) is 0 Å². The van der Waals surface area contributed by atoms with E-state index in [0.717, 1.165) is 31.1 Å². The van der Waals surface area contributed by atoms with E-state index in [0.29, 0.717) is 5.41 Å². The quantitative estimate of drug-likeness (QED) is 0.777. The molecule has 0 saturated heterocycles. The normalized spacial score (nSPS) is 17.0. The zero-order valence-corrected chi connectivity index (χ0v) is 11.5. The zero-order valence-electron chi connectivity index (χ0n) is 11.5. The van der Waals surface area contributed by atoms with Gasteiger partial charge >= 0.3 is 0 Å². The van der Waals surface area contributed by atoms with Crippen molar-refractivity contribution in [3.05, 3.63) is 12.4 Å². The number of nitrogens with zero attached hydrogens (tertiary/aromatic N) is 2. The Balaban J connectivity index is 1.88. The van der Waals surface area contributed by atoms with Gasteiger partial charge in [0, 0.05) is 19.2 Å². The Morgan fingerprint density at radius 2 is 1.89 bits per heavy atom. The summed E-state index contributed by atoms with van der Waals surface area (Å²) in [4.78, 5) is 8.49. The summed E-state index contributed by atoms with van der Waals surface area (Å²) in [6.45, 7) is 6.42. The molecule has 4 nitrogen and oxygen atoms in total. The molecular formula is C14H24N4. The van der Waals surface area contributed by atoms with E-state index in [1.54, 1.807) is 6.33 Å². The summed E-state index contributed by atoms with van der Waals surface area (Å²) in [5, 5.41) is 6.75. The Morgan fingerprint density at radius 3 is 2.44 bits per heavy atom. The second-order valence-electron chi connectivity index (χ2n) is 5.28. The molecule has 1 fully saturated rings. The lowest BCUT2D eigenvalue weighted by atomic mass is 9.67. The van der Waals surface area contributed by atoms with Crippen LogP contribution >= 0.6 is 0 Å². The highest BCUT2D eigenvalue weighted by atomic mass is 15.1. The lowest BCUT2D eigenvalue weighted by molar-refractivity contribution is 0.145. The molecule has 100 valence electrons. The molecule has 18 heavy (non-hydrogen) atoms. The highest BCUT2D eigenvalue weighted by Gasteiger charge is 2.34. The van der Waals surface area contributed by atoms with Crippen molar-refractivity contribution in [3.63, 3.8) is 0 Å². The zero-order chi connectivity index (χ0) is 12.8. The minimum absolute atomic E-state index is 0.516. The van der Waals surface area contributed by atoms with Gasteiger partial charge in [-0.05, 0) is 31.1 Å². The third kappa shape index (κ3) is 3.12. The summed E-state index contributed by atoms with van der Waals surface area (Å²) in [5.41, 5.74) is 0.516. The molecule has 0 amide bonds. The second-order valence-corrected chi connectivity index (χ2v) is 5.28. The molecule has 0 unspecified atom stereocenters. The Bertz CT molecular complexity index is 368. The summed E-state index contributed by atoms with van der Waals surface area (Å²) in [7, 11) is 0. The van der Waals surface area contributed by atoms with Crippen molar-refractivity contribution < 1.29 is 0 Å². The first-order chi connectivity index (χ1) is 8.78. The van der Waals surface area contributed by atoms with E-state index in [4.69, 9.17) is 0 Å². The van der Waals surface area contributed by atoms with E-state index >= 15 is 0 Å². The monoisotopic (exact) mass is 248 g/mol. The molecule has 2 N–H and O–H groups in total. The summed E-state index contributed by atoms with van der Waals surface area (Å²) in [5.74, 6) is 1.84. The number of aromatic nitrogens is 2. The van der Waals surface area contributed by atoms with Crippen LogP contribution in [0.2, 0.25) is 0 Å². The molecule has 1 saturated carbocycles. The topological polar surface area (TPSA) is 49.8 Å². The van der Waals surface area contributed by atoms with Gasteiger partial charge in [0.2, 0.25) is 0 Å². The van der Waals surface area contributed by atoms with E-state index in [1.807, 2.05) is 6.07 Å². The van der Waals surface area contributed by atoms with Crippen molar-refractivity contribution in [1.82, 2.24) is 9.97 Å². The van der Waals surface area contributed by atoms with Crippen molar-refractivity contribution in [3.8, 4) is 0 Å². The van der Waals surface area contributed by atoms with Gasteiger partial charge in [0.15, 0.2) is 0 Å². The van der Waals surface area contributed by atoms with Gasteiger partial charge in [-0.2, -0.15) is 0 Å². The largest absolute Gasteiger partial charge is 0.370 e. The molecule has 0 aromatic carbocycles. The van der Waals surface area contributed by atoms with Crippen LogP contribution in [0.15, 0.2) is 12.4 Å². The van der Waals surface area contributed by atoms with Crippen LogP contribution in [0.5, 0.6) is 0 Å². The standard InChI is InChI=1S/C14H24N4/c1-3-8-15-12-9-13(18-11-17-12)16-10-14(4-2)6-5-7-14/h9,11H,3-8,10H2,1-2H3,(H2,15,16,17,18). The van der Waals surface area contributed by atoms with Crippen LogP contribution in [0.25, 0.3) is 0 Å². The maximum Gasteiger partial charge on any atom is 0.131 e. The lowest BCUT2D eigenvalue weighted by Crippen LogP contribution is -2.36. The Labute approximate surface area is 110 Å². The van der Waals surface area contributed by atoms with Gasteiger partial charge in [0.25, 0.3) is 0 Å². The predicted molar refractivity (Wildman–Crippen MR) is 75.9 cm³/mol. The third-order valence-corrected chi connectivity index (χ3v) is 4.03. The van der Waals surface area contributed by atoms with E-state index in [-0.39, 0.29) is 0 Å². The molecule has 0 bridgehead atoms. The third-order valence-electron chi connectivity index (χ3n) is 4.03. The van der Waals surface area contributed by atoms with Crippen molar-refractivity contribution in [2.45, 2.75) is 46.0 Å². The fourth-order valence-electron chi connectivity index (χ4n) is 2.41. The Hall–Kier alpha value is -1.32. The minimum Gasteiger partial charge on any atom is -0.370 e. The molecule has 1 aromatic rings. The van der Waals surface area contributed by atoms with Crippen molar-refractivity contribution in [2.24, 2.45) is 5.41 Å². The molecule has 0 atom stereocenters. The Morgan fingerprint density at radius 1 is 1.17 bits per heavy atom. The van der Waals surface area contributed by atoms with Crippen molar-refractivity contribution in [1.29, 1.82) is 0 Å². The number of anilines is 2. The molecular weight excluding hydrogens is 224 g/mol. The minimum atomic E-state index is 0.516. The van der Waals surface area contributed by atoms with Gasteiger partial charge in [-0.1, -0.05) is 20.3 Å². The molecule has 1 aliphatic rings. The van der Waals surface area contributed by atoms with Crippen LogP contribution in [-0.4, -0.2) is 23.1 Å². The van der Waals surface area contributed by atoms with Crippen LogP contribution in [0.4, 0.5) is 11.6 Å². The summed E-state index contributed by atoms with van der Waals surface area (Å²) in [6.07, 6.45) is 8.06. The van der Waals surface area contributed by atoms with Gasteiger partial charge in [0.05, 0.1) is 0 Å². The smallest absolute Gasteiger partial charge is 0.131 e. The first kappa shape index (κ1) is 13.1. The van der Waals surface area contributed by atoms with Gasteiger partial charge in [-0.3, -0.25) is 0 Å². The average molecular weight is 248 g/mol. The molecule has 1 aromatic heterocycles. The highest BCUT2D eigenvalue weighted by molar-refractivity contribution is 5.46. The first-order valence-electron chi connectivity index (χ1n) is 7.08. The fraction of sp³-hybridized carbons (Fsp3) is 0.714. The summed E-state index contributed by atoms with van der Waals surface area (Å²) < 4.78 is 0. The summed E-state index contributed by atoms with van der Waals surface area (Å²) >= 11 is 0. The van der Waals surface area contributed by atoms with Crippen LogP contribution in [0.3, 0.4) is 0 Å². The van der Waals surface area contributed by atoms with E-state index in [2.05, 4.69) is 34.4 Å². The number of hydrogen-bond acceptors (Lipinski definition) is 4. The molecule has 0 spiro atoms. The molecule has 1 heterocycles. The van der Waals surface area contributed by atoms with E-state index < -0.39 is 0 Å². The highest BCUT2D eigenvalue weighted by Crippen LogP contribution is 2.43. The number of nitrogens with one attached hydrogen (secondary N) is 2. The van der Waals surface area contributed by atoms with Crippen molar-refractivity contribution in [2.75, 3.05) is 23.7 Å². The predicted octanol–water partition coefficient (Wildman–Crippen LogP) is 3.29. The van der Waals surface area contributed by atoms with Gasteiger partial charge < -0.3 is 10.6 Å². The fourth-order valence-corrected chi connectivity index (χ4v) is 2.41. The first-order valence-corrected chi connectivity index (χ1v) is 7.08. The van der Waals surface area contributed by atoms with Gasteiger partial charge in [0.1, 0.15) is 18.0 Å². The van der Waals surface area contributed by atoms with Crippen molar-refractivity contribution >= 4 is 11.6 Å². The van der Waals surface area contributed by atoms with Crippen LogP contribution in [-0.2, 0) is 0 Å². The molecule has 0 radical (unpaired) electrons. The molecule has 4 heteroatoms. The molecule has 0 aliphatic heterocycles. The van der Waals surface area contributed by atoms with Crippen LogP contribution < -0.4 is 10.6 Å².